The van der Waals surface area contributed by atoms with Crippen LogP contribution in [0.1, 0.15) is 39.5 Å². The van der Waals surface area contributed by atoms with Gasteiger partial charge in [-0.1, -0.05) is 32.0 Å². The second-order valence-corrected chi connectivity index (χ2v) is 9.96. The fourth-order valence-electron chi connectivity index (χ4n) is 5.56. The highest BCUT2D eigenvalue weighted by molar-refractivity contribution is 5.87. The zero-order valence-corrected chi connectivity index (χ0v) is 20.5. The number of piperazine rings is 1. The molecule has 2 aliphatic rings. The number of anilines is 1. The average Bonchev–Trinajstić information content (AvgIpc) is 2.87. The van der Waals surface area contributed by atoms with Crippen molar-refractivity contribution in [2.75, 3.05) is 37.7 Å². The summed E-state index contributed by atoms with van der Waals surface area (Å²) in [6, 6.07) is 8.88. The number of hydroxylamine groups is 1. The van der Waals surface area contributed by atoms with E-state index in [1.807, 2.05) is 44.2 Å². The molecule has 0 radical (unpaired) electrons. The van der Waals surface area contributed by atoms with Gasteiger partial charge in [-0.15, -0.1) is 0 Å². The highest BCUT2D eigenvalue weighted by atomic mass is 16.5. The molecule has 0 aromatic heterocycles. The molecule has 1 aromatic rings. The molecule has 2 fully saturated rings. The van der Waals surface area contributed by atoms with Crippen molar-refractivity contribution in [2.45, 2.75) is 51.6 Å². The van der Waals surface area contributed by atoms with Gasteiger partial charge in [0.05, 0.1) is 18.6 Å². The Morgan fingerprint density at radius 1 is 1.06 bits per heavy atom. The number of para-hydroxylation sites is 1. The van der Waals surface area contributed by atoms with Crippen LogP contribution in [-0.2, 0) is 9.59 Å². The van der Waals surface area contributed by atoms with E-state index in [0.717, 1.165) is 5.69 Å². The van der Waals surface area contributed by atoms with E-state index in [1.54, 1.807) is 10.4 Å². The lowest BCUT2D eigenvalue weighted by Gasteiger charge is -2.44. The topological polar surface area (TPSA) is 134 Å². The van der Waals surface area contributed by atoms with E-state index in [2.05, 4.69) is 4.90 Å². The van der Waals surface area contributed by atoms with Gasteiger partial charge in [-0.25, -0.2) is 10.3 Å². The molecule has 0 unspecified atom stereocenters. The van der Waals surface area contributed by atoms with E-state index in [9.17, 15) is 29.8 Å². The van der Waals surface area contributed by atoms with Gasteiger partial charge in [0.1, 0.15) is 0 Å². The summed E-state index contributed by atoms with van der Waals surface area (Å²) in [5.74, 6) is -2.11. The second-order valence-electron chi connectivity index (χ2n) is 9.96. The quantitative estimate of drug-likeness (QED) is 0.324. The molecule has 0 bridgehead atoms. The minimum Gasteiger partial charge on any atom is -0.465 e. The Hall–Kier alpha value is -2.85. The third-order valence-corrected chi connectivity index (χ3v) is 7.26. The summed E-state index contributed by atoms with van der Waals surface area (Å²) < 4.78 is 0. The van der Waals surface area contributed by atoms with Gasteiger partial charge in [0.15, 0.2) is 0 Å². The number of carbonyl (C=O) groups excluding carboxylic acids is 2. The molecule has 194 valence electrons. The molecular formula is C25H38N4O6. The highest BCUT2D eigenvalue weighted by Gasteiger charge is 2.44. The molecule has 1 aliphatic heterocycles. The van der Waals surface area contributed by atoms with Gasteiger partial charge in [-0.3, -0.25) is 14.8 Å². The lowest BCUT2D eigenvalue weighted by molar-refractivity contribution is -0.148. The molecule has 1 saturated heterocycles. The molecule has 0 spiro atoms. The number of carboxylic acid groups (broad SMARTS) is 1. The molecule has 3 rings (SSSR count). The predicted molar refractivity (Wildman–Crippen MR) is 130 cm³/mol. The van der Waals surface area contributed by atoms with Crippen LogP contribution >= 0.6 is 0 Å². The molecule has 3 amide bonds. The number of nitrogens with one attached hydrogen (secondary N) is 1. The molecule has 4 N–H and O–H groups in total. The van der Waals surface area contributed by atoms with E-state index in [1.165, 1.54) is 4.90 Å². The largest absolute Gasteiger partial charge is 0.465 e. The van der Waals surface area contributed by atoms with Crippen LogP contribution in [0.4, 0.5) is 10.5 Å². The number of carbonyl (C=O) groups is 3. The zero-order chi connectivity index (χ0) is 25.5. The number of aliphatic hydroxyl groups is 1. The number of hydrogen-bond donors (Lipinski definition) is 4. The van der Waals surface area contributed by atoms with Crippen molar-refractivity contribution in [2.24, 2.45) is 17.8 Å². The van der Waals surface area contributed by atoms with E-state index in [0.29, 0.717) is 45.4 Å². The number of rotatable bonds is 8. The maximum absolute atomic E-state index is 13.4. The maximum atomic E-state index is 13.4. The van der Waals surface area contributed by atoms with Gasteiger partial charge in [-0.05, 0) is 43.7 Å². The van der Waals surface area contributed by atoms with E-state index >= 15 is 0 Å². The van der Waals surface area contributed by atoms with Gasteiger partial charge in [0.2, 0.25) is 11.8 Å². The van der Waals surface area contributed by atoms with Gasteiger partial charge >= 0.3 is 6.09 Å². The van der Waals surface area contributed by atoms with Gasteiger partial charge in [0, 0.05) is 43.8 Å². The molecule has 10 nitrogen and oxygen atoms in total. The van der Waals surface area contributed by atoms with Crippen molar-refractivity contribution in [1.29, 1.82) is 0 Å². The summed E-state index contributed by atoms with van der Waals surface area (Å²) in [6.45, 7) is 6.03. The van der Waals surface area contributed by atoms with Crippen molar-refractivity contribution in [1.82, 2.24) is 15.3 Å². The molecule has 1 saturated carbocycles. The van der Waals surface area contributed by atoms with Crippen LogP contribution in [-0.4, -0.2) is 88.0 Å². The second kappa shape index (κ2) is 12.2. The normalized spacial score (nSPS) is 23.6. The summed E-state index contributed by atoms with van der Waals surface area (Å²) in [6.07, 6.45) is 0.207. The third kappa shape index (κ3) is 6.43. The Bertz CT molecular complexity index is 859. The van der Waals surface area contributed by atoms with Crippen LogP contribution < -0.4 is 10.4 Å². The first-order valence-electron chi connectivity index (χ1n) is 12.4. The number of benzene rings is 1. The Morgan fingerprint density at radius 3 is 2.26 bits per heavy atom. The average molecular weight is 491 g/mol. The predicted octanol–water partition coefficient (Wildman–Crippen LogP) is 2.01. The Kier molecular flexibility index (Phi) is 9.33. The van der Waals surface area contributed by atoms with Crippen LogP contribution in [0.25, 0.3) is 0 Å². The molecule has 1 aliphatic carbocycles. The Balaban J connectivity index is 1.70. The molecule has 1 aromatic carbocycles. The summed E-state index contributed by atoms with van der Waals surface area (Å²) >= 11 is 0. The maximum Gasteiger partial charge on any atom is 0.407 e. The van der Waals surface area contributed by atoms with Crippen LogP contribution in [0.15, 0.2) is 30.3 Å². The number of amides is 3. The van der Waals surface area contributed by atoms with E-state index in [4.69, 9.17) is 0 Å². The van der Waals surface area contributed by atoms with Crippen molar-refractivity contribution < 1.29 is 29.8 Å². The fourth-order valence-corrected chi connectivity index (χ4v) is 5.56. The number of hydrogen-bond acceptors (Lipinski definition) is 6. The summed E-state index contributed by atoms with van der Waals surface area (Å²) in [4.78, 5) is 43.4. The zero-order valence-electron chi connectivity index (χ0n) is 20.5. The number of nitrogens with zero attached hydrogens (tertiary/aromatic N) is 3. The lowest BCUT2D eigenvalue weighted by Crippen LogP contribution is -2.56. The molecular weight excluding hydrogens is 452 g/mol. The minimum atomic E-state index is -1.15. The van der Waals surface area contributed by atoms with Gasteiger partial charge in [-0.2, -0.15) is 0 Å². The van der Waals surface area contributed by atoms with Crippen molar-refractivity contribution in [3.05, 3.63) is 30.3 Å². The number of aliphatic hydroxyl groups excluding tert-OH is 1. The summed E-state index contributed by atoms with van der Waals surface area (Å²) in [7, 11) is 0. The molecule has 10 heteroatoms. The van der Waals surface area contributed by atoms with Crippen LogP contribution in [0.5, 0.6) is 0 Å². The lowest BCUT2D eigenvalue weighted by atomic mass is 9.74. The van der Waals surface area contributed by atoms with Gasteiger partial charge < -0.3 is 24.9 Å². The van der Waals surface area contributed by atoms with E-state index < -0.39 is 35.9 Å². The van der Waals surface area contributed by atoms with Crippen LogP contribution in [0.2, 0.25) is 0 Å². The van der Waals surface area contributed by atoms with Crippen LogP contribution in [0, 0.1) is 17.8 Å². The fraction of sp³-hybridized carbons (Fsp3) is 0.640. The highest BCUT2D eigenvalue weighted by Crippen LogP contribution is 2.36. The van der Waals surface area contributed by atoms with Crippen molar-refractivity contribution in [3.8, 4) is 0 Å². The Morgan fingerprint density at radius 2 is 1.71 bits per heavy atom. The van der Waals surface area contributed by atoms with E-state index in [-0.39, 0.29) is 24.9 Å². The molecule has 35 heavy (non-hydrogen) atoms. The summed E-state index contributed by atoms with van der Waals surface area (Å²) in [5.41, 5.74) is 2.78. The molecule has 4 atom stereocenters. The molecule has 1 heterocycles. The van der Waals surface area contributed by atoms with Crippen LogP contribution in [0.3, 0.4) is 0 Å². The monoisotopic (exact) mass is 490 g/mol. The first kappa shape index (κ1) is 26.7. The first-order chi connectivity index (χ1) is 16.8. The summed E-state index contributed by atoms with van der Waals surface area (Å²) in [5, 5.41) is 29.1. The van der Waals surface area contributed by atoms with Gasteiger partial charge in [0.25, 0.3) is 0 Å². The Labute approximate surface area is 206 Å². The van der Waals surface area contributed by atoms with Crippen molar-refractivity contribution in [3.63, 3.8) is 0 Å². The minimum absolute atomic E-state index is 0.119. The van der Waals surface area contributed by atoms with Crippen molar-refractivity contribution >= 4 is 23.6 Å². The first-order valence-corrected chi connectivity index (χ1v) is 12.4. The smallest absolute Gasteiger partial charge is 0.407 e. The SMILES string of the molecule is CC(C)C[C@H](CO)N(C(=O)O)[C@@H]1CC[C@H](C(=O)N2CCN(c3ccccc3)CC2)[C@@H](C(=O)NO)C1. The third-order valence-electron chi connectivity index (χ3n) is 7.26. The standard InChI is InChI=1S/C25H38N4O6/c1-17(2)14-20(16-30)29(25(33)34)19-8-9-21(22(15-19)23(31)26-35)24(32)28-12-10-27(11-13-28)18-6-4-3-5-7-18/h3-7,17,19-22,30,35H,8-16H2,1-2H3,(H,26,31)(H,33,34)/t19-,20-,21+,22+/m1/s1.